The van der Waals surface area contributed by atoms with E-state index in [9.17, 15) is 25.3 Å². The van der Waals surface area contributed by atoms with E-state index in [1.54, 1.807) is 6.92 Å². The zero-order valence-electron chi connectivity index (χ0n) is 11.5. The summed E-state index contributed by atoms with van der Waals surface area (Å²) in [4.78, 5) is 20.8. The van der Waals surface area contributed by atoms with Crippen molar-refractivity contribution in [2.24, 2.45) is 0 Å². The van der Waals surface area contributed by atoms with Crippen LogP contribution in [0.1, 0.15) is 46.5 Å². The third-order valence-electron chi connectivity index (χ3n) is 3.90. The van der Waals surface area contributed by atoms with Crippen LogP contribution in [0.5, 0.6) is 0 Å². The van der Waals surface area contributed by atoms with E-state index >= 15 is 0 Å². The Balaban J connectivity index is 4.78. The minimum atomic E-state index is -1.50. The first-order valence-electron chi connectivity index (χ1n) is 6.22. The molecule has 3 unspecified atom stereocenters. The van der Waals surface area contributed by atoms with Crippen LogP contribution in [0.4, 0.5) is 0 Å². The molecule has 0 amide bonds. The predicted molar refractivity (Wildman–Crippen MR) is 68.0 cm³/mol. The summed E-state index contributed by atoms with van der Waals surface area (Å²) in [5.74, 6) is 0. The van der Waals surface area contributed by atoms with Gasteiger partial charge in [-0.2, -0.15) is 0 Å². The number of nitro groups is 2. The molecule has 0 aromatic rings. The van der Waals surface area contributed by atoms with Gasteiger partial charge < -0.3 is 10.2 Å². The highest BCUT2D eigenvalue weighted by atomic mass is 16.6. The number of hydrogen-bond acceptors (Lipinski definition) is 6. The minimum Gasteiger partial charge on any atom is -0.396 e. The Bertz CT molecular complexity index is 337. The molecule has 0 aliphatic rings. The van der Waals surface area contributed by atoms with Crippen molar-refractivity contribution in [1.82, 2.24) is 0 Å². The van der Waals surface area contributed by atoms with Crippen LogP contribution in [0.15, 0.2) is 0 Å². The standard InChI is InChI=1S/C11H22N2O6/c1-4-11(3,13(18)19)9(15)5-6-10(2,7-8-14)12(16)17/h9,14-15H,4-8H2,1-3H3. The lowest BCUT2D eigenvalue weighted by Crippen LogP contribution is -2.47. The molecule has 3 atom stereocenters. The summed E-state index contributed by atoms with van der Waals surface area (Å²) in [5.41, 5.74) is -2.88. The summed E-state index contributed by atoms with van der Waals surface area (Å²) in [6.45, 7) is 3.94. The van der Waals surface area contributed by atoms with Crippen molar-refractivity contribution < 1.29 is 20.1 Å². The molecule has 0 aliphatic heterocycles. The van der Waals surface area contributed by atoms with Gasteiger partial charge in [0.2, 0.25) is 11.1 Å². The molecule has 8 nitrogen and oxygen atoms in total. The van der Waals surface area contributed by atoms with Crippen molar-refractivity contribution in [3.8, 4) is 0 Å². The molecule has 0 spiro atoms. The second-order valence-corrected chi connectivity index (χ2v) is 5.25. The van der Waals surface area contributed by atoms with E-state index in [4.69, 9.17) is 5.11 Å². The highest BCUT2D eigenvalue weighted by Gasteiger charge is 2.45. The Hall–Kier alpha value is -1.28. The Kier molecular flexibility index (Phi) is 6.31. The first-order valence-corrected chi connectivity index (χ1v) is 6.22. The summed E-state index contributed by atoms with van der Waals surface area (Å²) >= 11 is 0. The van der Waals surface area contributed by atoms with Gasteiger partial charge >= 0.3 is 0 Å². The first kappa shape index (κ1) is 17.7. The van der Waals surface area contributed by atoms with E-state index in [0.29, 0.717) is 0 Å². The molecule has 0 saturated heterocycles. The van der Waals surface area contributed by atoms with E-state index < -0.39 is 27.0 Å². The number of rotatable bonds is 9. The molecule has 8 heteroatoms. The van der Waals surface area contributed by atoms with Crippen LogP contribution < -0.4 is 0 Å². The lowest BCUT2D eigenvalue weighted by Gasteiger charge is -2.27. The Morgan fingerprint density at radius 1 is 1.16 bits per heavy atom. The maximum atomic E-state index is 11.0. The Labute approximate surface area is 111 Å². The minimum absolute atomic E-state index is 0.0227. The fourth-order valence-corrected chi connectivity index (χ4v) is 1.79. The first-order chi connectivity index (χ1) is 8.64. The van der Waals surface area contributed by atoms with E-state index in [1.807, 2.05) is 0 Å². The van der Waals surface area contributed by atoms with Crippen molar-refractivity contribution in [1.29, 1.82) is 0 Å². The van der Waals surface area contributed by atoms with E-state index in [-0.39, 0.29) is 32.3 Å². The second-order valence-electron chi connectivity index (χ2n) is 5.25. The summed E-state index contributed by atoms with van der Waals surface area (Å²) in [6.07, 6.45) is -1.25. The highest BCUT2D eigenvalue weighted by Crippen LogP contribution is 2.27. The largest absolute Gasteiger partial charge is 0.396 e. The molecule has 112 valence electrons. The summed E-state index contributed by atoms with van der Waals surface area (Å²) in [7, 11) is 0. The van der Waals surface area contributed by atoms with Crippen LogP contribution >= 0.6 is 0 Å². The zero-order chi connectivity index (χ0) is 15.3. The third kappa shape index (κ3) is 4.10. The molecule has 0 bridgehead atoms. The fraction of sp³-hybridized carbons (Fsp3) is 1.00. The van der Waals surface area contributed by atoms with Crippen molar-refractivity contribution in [3.63, 3.8) is 0 Å². The predicted octanol–water partition coefficient (Wildman–Crippen LogP) is 0.991. The molecule has 2 N–H and O–H groups in total. The number of aliphatic hydroxyl groups excluding tert-OH is 2. The van der Waals surface area contributed by atoms with Gasteiger partial charge in [-0.15, -0.1) is 0 Å². The second kappa shape index (κ2) is 6.76. The monoisotopic (exact) mass is 278 g/mol. The van der Waals surface area contributed by atoms with Crippen LogP contribution in [0.3, 0.4) is 0 Å². The quantitative estimate of drug-likeness (QED) is 0.478. The van der Waals surface area contributed by atoms with Crippen molar-refractivity contribution in [2.45, 2.75) is 63.6 Å². The SMILES string of the molecule is CCC(C)(C(O)CCC(C)(CCO)[N+](=O)[O-])[N+](=O)[O-]. The molecule has 0 radical (unpaired) electrons. The smallest absolute Gasteiger partial charge is 0.244 e. The molecule has 0 rings (SSSR count). The van der Waals surface area contributed by atoms with Gasteiger partial charge in [0.1, 0.15) is 6.10 Å². The van der Waals surface area contributed by atoms with Crippen LogP contribution in [0.25, 0.3) is 0 Å². The normalized spacial score (nSPS) is 19.2. The van der Waals surface area contributed by atoms with Gasteiger partial charge in [-0.1, -0.05) is 6.92 Å². The number of aliphatic hydroxyl groups is 2. The van der Waals surface area contributed by atoms with Crippen molar-refractivity contribution >= 4 is 0 Å². The Morgan fingerprint density at radius 3 is 2.00 bits per heavy atom. The maximum Gasteiger partial charge on any atom is 0.244 e. The summed E-state index contributed by atoms with van der Waals surface area (Å²) in [5, 5.41) is 40.7. The fourth-order valence-electron chi connectivity index (χ4n) is 1.79. The number of hydrogen-bond donors (Lipinski definition) is 2. The molecule has 0 saturated carbocycles. The summed E-state index contributed by atoms with van der Waals surface area (Å²) in [6, 6.07) is 0. The molecule has 0 aromatic carbocycles. The molecule has 0 aromatic heterocycles. The summed E-state index contributed by atoms with van der Waals surface area (Å²) < 4.78 is 0. The van der Waals surface area contributed by atoms with Gasteiger partial charge in [-0.05, 0) is 6.42 Å². The third-order valence-corrected chi connectivity index (χ3v) is 3.90. The Morgan fingerprint density at radius 2 is 1.68 bits per heavy atom. The van der Waals surface area contributed by atoms with Crippen LogP contribution in [-0.2, 0) is 0 Å². The molecule has 0 aliphatic carbocycles. The molecule has 0 fully saturated rings. The number of nitrogens with zero attached hydrogens (tertiary/aromatic N) is 2. The molecule has 19 heavy (non-hydrogen) atoms. The van der Waals surface area contributed by atoms with E-state index in [1.165, 1.54) is 13.8 Å². The van der Waals surface area contributed by atoms with Crippen LogP contribution in [0.2, 0.25) is 0 Å². The van der Waals surface area contributed by atoms with Crippen LogP contribution in [-0.4, -0.2) is 43.8 Å². The van der Waals surface area contributed by atoms with Gasteiger partial charge in [0.05, 0.1) is 0 Å². The topological polar surface area (TPSA) is 127 Å². The van der Waals surface area contributed by atoms with Crippen molar-refractivity contribution in [2.75, 3.05) is 6.61 Å². The van der Waals surface area contributed by atoms with Crippen molar-refractivity contribution in [3.05, 3.63) is 20.2 Å². The van der Waals surface area contributed by atoms with Crippen LogP contribution in [0, 0.1) is 20.2 Å². The average molecular weight is 278 g/mol. The van der Waals surface area contributed by atoms with Gasteiger partial charge in [-0.25, -0.2) is 0 Å². The maximum absolute atomic E-state index is 11.0. The van der Waals surface area contributed by atoms with Gasteiger partial charge in [0.25, 0.3) is 0 Å². The van der Waals surface area contributed by atoms with E-state index in [0.717, 1.165) is 0 Å². The van der Waals surface area contributed by atoms with Gasteiger partial charge in [-0.3, -0.25) is 20.2 Å². The van der Waals surface area contributed by atoms with E-state index in [2.05, 4.69) is 0 Å². The molecular weight excluding hydrogens is 256 g/mol. The lowest BCUT2D eigenvalue weighted by molar-refractivity contribution is -0.583. The zero-order valence-corrected chi connectivity index (χ0v) is 11.5. The molecule has 0 heterocycles. The lowest BCUT2D eigenvalue weighted by atomic mass is 9.84. The molecular formula is C11H22N2O6. The van der Waals surface area contributed by atoms with Gasteiger partial charge in [0.15, 0.2) is 0 Å². The average Bonchev–Trinajstić information content (AvgIpc) is 2.34. The highest BCUT2D eigenvalue weighted by molar-refractivity contribution is 4.84. The van der Waals surface area contributed by atoms with Gasteiger partial charge in [0, 0.05) is 49.6 Å².